The van der Waals surface area contributed by atoms with Crippen LogP contribution in [-0.2, 0) is 0 Å². The van der Waals surface area contributed by atoms with Crippen LogP contribution < -0.4 is 10.6 Å². The van der Waals surface area contributed by atoms with Crippen LogP contribution in [0.25, 0.3) is 0 Å². The van der Waals surface area contributed by atoms with E-state index in [9.17, 15) is 5.11 Å². The van der Waals surface area contributed by atoms with Crippen molar-refractivity contribution in [3.05, 3.63) is 29.8 Å². The smallest absolute Gasteiger partial charge is 0.0821 e. The number of benzene rings is 1. The molecule has 1 aliphatic rings. The molecule has 1 atom stereocenters. The summed E-state index contributed by atoms with van der Waals surface area (Å²) in [5.41, 5.74) is 7.76. The Hall–Kier alpha value is -1.06. The maximum Gasteiger partial charge on any atom is 0.0821 e. The largest absolute Gasteiger partial charge is 0.388 e. The minimum atomic E-state index is -0.514. The van der Waals surface area contributed by atoms with Gasteiger partial charge < -0.3 is 15.7 Å². The zero-order chi connectivity index (χ0) is 13.2. The highest BCUT2D eigenvalue weighted by atomic mass is 16.3. The molecule has 3 nitrogen and oxygen atoms in total. The molecule has 1 saturated carbocycles. The molecule has 0 saturated heterocycles. The first-order valence-corrected chi connectivity index (χ1v) is 6.80. The quantitative estimate of drug-likeness (QED) is 0.860. The van der Waals surface area contributed by atoms with Gasteiger partial charge in [0.2, 0.25) is 0 Å². The van der Waals surface area contributed by atoms with Crippen LogP contribution in [-0.4, -0.2) is 24.3 Å². The van der Waals surface area contributed by atoms with Gasteiger partial charge in [-0.05, 0) is 31.4 Å². The highest BCUT2D eigenvalue weighted by Gasteiger charge is 2.32. The summed E-state index contributed by atoms with van der Waals surface area (Å²) in [5.74, 6) is 0. The van der Waals surface area contributed by atoms with Crippen LogP contribution in [0.15, 0.2) is 24.3 Å². The van der Waals surface area contributed by atoms with E-state index in [1.54, 1.807) is 0 Å². The number of nitrogens with zero attached hydrogens (tertiary/aromatic N) is 1. The van der Waals surface area contributed by atoms with Crippen LogP contribution in [0.3, 0.4) is 0 Å². The summed E-state index contributed by atoms with van der Waals surface area (Å²) in [6, 6.07) is 8.20. The number of likely N-dealkylation sites (N-methyl/N-ethyl adjacent to an activating group) is 1. The average molecular weight is 248 g/mol. The standard InChI is InChI=1S/C15H24N2O/c1-12(16)13-7-3-4-8-14(13)17(2)11-15(18)9-5-6-10-15/h3-4,7-8,12,18H,5-6,9-11,16H2,1-2H3. The molecule has 1 aliphatic carbocycles. The molecule has 0 aromatic heterocycles. The van der Waals surface area contributed by atoms with Gasteiger partial charge in [0.05, 0.1) is 5.60 Å². The summed E-state index contributed by atoms with van der Waals surface area (Å²) >= 11 is 0. The molecule has 1 unspecified atom stereocenters. The number of nitrogens with two attached hydrogens (primary N) is 1. The Balaban J connectivity index is 2.15. The van der Waals surface area contributed by atoms with Crippen LogP contribution in [0.5, 0.6) is 0 Å². The van der Waals surface area contributed by atoms with E-state index < -0.39 is 5.60 Å². The predicted molar refractivity (Wildman–Crippen MR) is 75.7 cm³/mol. The number of hydrogen-bond acceptors (Lipinski definition) is 3. The lowest BCUT2D eigenvalue weighted by Crippen LogP contribution is -2.39. The van der Waals surface area contributed by atoms with Crippen molar-refractivity contribution in [2.45, 2.75) is 44.2 Å². The van der Waals surface area contributed by atoms with E-state index in [2.05, 4.69) is 17.0 Å². The van der Waals surface area contributed by atoms with Gasteiger partial charge in [-0.2, -0.15) is 0 Å². The Morgan fingerprint density at radius 3 is 2.56 bits per heavy atom. The minimum absolute atomic E-state index is 0.0156. The van der Waals surface area contributed by atoms with Gasteiger partial charge in [0.15, 0.2) is 0 Å². The summed E-state index contributed by atoms with van der Waals surface area (Å²) in [6.45, 7) is 2.69. The molecule has 3 N–H and O–H groups in total. The average Bonchev–Trinajstić information content (AvgIpc) is 2.75. The van der Waals surface area contributed by atoms with Gasteiger partial charge in [-0.3, -0.25) is 0 Å². The second-order valence-electron chi connectivity index (χ2n) is 5.64. The van der Waals surface area contributed by atoms with Crippen LogP contribution >= 0.6 is 0 Å². The SMILES string of the molecule is CC(N)c1ccccc1N(C)CC1(O)CCCC1. The molecule has 18 heavy (non-hydrogen) atoms. The highest BCUT2D eigenvalue weighted by molar-refractivity contribution is 5.54. The molecule has 100 valence electrons. The van der Waals surface area contributed by atoms with Crippen molar-refractivity contribution in [2.75, 3.05) is 18.5 Å². The second-order valence-corrected chi connectivity index (χ2v) is 5.64. The molecule has 3 heteroatoms. The van der Waals surface area contributed by atoms with Crippen molar-refractivity contribution in [2.24, 2.45) is 5.73 Å². The fraction of sp³-hybridized carbons (Fsp3) is 0.600. The van der Waals surface area contributed by atoms with Crippen LogP contribution in [0.4, 0.5) is 5.69 Å². The number of hydrogen-bond donors (Lipinski definition) is 2. The van der Waals surface area contributed by atoms with Crippen LogP contribution in [0.2, 0.25) is 0 Å². The van der Waals surface area contributed by atoms with E-state index in [1.807, 2.05) is 26.1 Å². The zero-order valence-corrected chi connectivity index (χ0v) is 11.4. The summed E-state index contributed by atoms with van der Waals surface area (Å²) in [4.78, 5) is 2.14. The molecule has 0 bridgehead atoms. The third kappa shape index (κ3) is 2.85. The van der Waals surface area contributed by atoms with E-state index in [4.69, 9.17) is 5.73 Å². The molecule has 2 rings (SSSR count). The summed E-state index contributed by atoms with van der Waals surface area (Å²) in [7, 11) is 2.04. The summed E-state index contributed by atoms with van der Waals surface area (Å²) in [5, 5.41) is 10.5. The number of rotatable bonds is 4. The van der Waals surface area contributed by atoms with Crippen molar-refractivity contribution in [1.82, 2.24) is 0 Å². The van der Waals surface area contributed by atoms with Crippen LogP contribution in [0, 0.1) is 0 Å². The van der Waals surface area contributed by atoms with E-state index in [0.717, 1.165) is 36.9 Å². The third-order valence-electron chi connectivity index (χ3n) is 3.90. The minimum Gasteiger partial charge on any atom is -0.388 e. The number of aliphatic hydroxyl groups is 1. The Bertz CT molecular complexity index is 397. The first-order valence-electron chi connectivity index (χ1n) is 6.80. The number of anilines is 1. The Labute approximate surface area is 110 Å². The maximum atomic E-state index is 10.5. The van der Waals surface area contributed by atoms with E-state index >= 15 is 0 Å². The van der Waals surface area contributed by atoms with Gasteiger partial charge in [0.25, 0.3) is 0 Å². The van der Waals surface area contributed by atoms with Crippen molar-refractivity contribution < 1.29 is 5.11 Å². The van der Waals surface area contributed by atoms with Crippen molar-refractivity contribution in [3.63, 3.8) is 0 Å². The lowest BCUT2D eigenvalue weighted by Gasteiger charge is -2.31. The third-order valence-corrected chi connectivity index (χ3v) is 3.90. The van der Waals surface area contributed by atoms with Crippen molar-refractivity contribution in [1.29, 1.82) is 0 Å². The van der Waals surface area contributed by atoms with Gasteiger partial charge in [0, 0.05) is 25.3 Å². The Morgan fingerprint density at radius 1 is 1.33 bits per heavy atom. The summed E-state index contributed by atoms with van der Waals surface area (Å²) in [6.07, 6.45) is 4.11. The molecular weight excluding hydrogens is 224 g/mol. The monoisotopic (exact) mass is 248 g/mol. The molecule has 0 amide bonds. The van der Waals surface area contributed by atoms with E-state index in [0.29, 0.717) is 6.54 Å². The Kier molecular flexibility index (Phi) is 3.93. The zero-order valence-electron chi connectivity index (χ0n) is 11.4. The highest BCUT2D eigenvalue weighted by Crippen LogP contribution is 2.32. The second kappa shape index (κ2) is 5.29. The molecule has 1 aromatic rings. The molecule has 0 aliphatic heterocycles. The maximum absolute atomic E-state index is 10.5. The number of para-hydroxylation sites is 1. The molecule has 1 fully saturated rings. The van der Waals surface area contributed by atoms with Gasteiger partial charge in [0.1, 0.15) is 0 Å². The molecule has 0 radical (unpaired) electrons. The fourth-order valence-electron chi connectivity index (χ4n) is 2.94. The van der Waals surface area contributed by atoms with Gasteiger partial charge in [-0.1, -0.05) is 31.0 Å². The Morgan fingerprint density at radius 2 is 1.94 bits per heavy atom. The molecule has 0 heterocycles. The summed E-state index contributed by atoms with van der Waals surface area (Å²) < 4.78 is 0. The molecule has 0 spiro atoms. The topological polar surface area (TPSA) is 49.5 Å². The normalized spacial score (nSPS) is 19.8. The lowest BCUT2D eigenvalue weighted by atomic mass is 10.00. The first-order chi connectivity index (χ1) is 8.52. The van der Waals surface area contributed by atoms with Crippen molar-refractivity contribution >= 4 is 5.69 Å². The van der Waals surface area contributed by atoms with Gasteiger partial charge in [-0.15, -0.1) is 0 Å². The first kappa shape index (κ1) is 13.4. The van der Waals surface area contributed by atoms with Gasteiger partial charge in [-0.25, -0.2) is 0 Å². The fourth-order valence-corrected chi connectivity index (χ4v) is 2.94. The lowest BCUT2D eigenvalue weighted by molar-refractivity contribution is 0.0559. The molecular formula is C15H24N2O. The van der Waals surface area contributed by atoms with Crippen molar-refractivity contribution in [3.8, 4) is 0 Å². The van der Waals surface area contributed by atoms with Crippen LogP contribution in [0.1, 0.15) is 44.2 Å². The van der Waals surface area contributed by atoms with E-state index in [1.165, 1.54) is 0 Å². The molecule has 1 aromatic carbocycles. The van der Waals surface area contributed by atoms with Gasteiger partial charge >= 0.3 is 0 Å². The van der Waals surface area contributed by atoms with E-state index in [-0.39, 0.29) is 6.04 Å². The predicted octanol–water partition coefficient (Wildman–Crippen LogP) is 2.45.